The second-order valence-electron chi connectivity index (χ2n) is 5.56. The first-order chi connectivity index (χ1) is 11.1. The van der Waals surface area contributed by atoms with Gasteiger partial charge in [-0.15, -0.1) is 24.0 Å². The molecule has 1 heterocycles. The summed E-state index contributed by atoms with van der Waals surface area (Å²) in [6, 6.07) is 7.88. The summed E-state index contributed by atoms with van der Waals surface area (Å²) in [6.45, 7) is 4.51. The van der Waals surface area contributed by atoms with Gasteiger partial charge in [0.25, 0.3) is 0 Å². The smallest absolute Gasteiger partial charge is 0.193 e. The number of aryl methyl sites for hydroxylation is 2. The molecule has 0 unspecified atom stereocenters. The van der Waals surface area contributed by atoms with Gasteiger partial charge < -0.3 is 10.2 Å². The van der Waals surface area contributed by atoms with E-state index in [2.05, 4.69) is 26.5 Å². The van der Waals surface area contributed by atoms with Crippen LogP contribution < -0.4 is 5.32 Å². The van der Waals surface area contributed by atoms with Crippen LogP contribution in [0.5, 0.6) is 0 Å². The van der Waals surface area contributed by atoms with Gasteiger partial charge in [-0.05, 0) is 30.5 Å². The molecule has 0 atom stereocenters. The number of nitrogens with zero attached hydrogens (tertiary/aromatic N) is 4. The van der Waals surface area contributed by atoms with E-state index < -0.39 is 0 Å². The molecule has 1 N–H and O–H groups in total. The molecule has 1 aromatic carbocycles. The molecule has 0 aliphatic carbocycles. The highest BCUT2D eigenvalue weighted by atomic mass is 127. The lowest BCUT2D eigenvalue weighted by molar-refractivity contribution is 0.471. The van der Waals surface area contributed by atoms with Gasteiger partial charge in [0.05, 0.1) is 6.20 Å². The maximum atomic E-state index is 6.22. The van der Waals surface area contributed by atoms with Crippen LogP contribution in [0.25, 0.3) is 0 Å². The third-order valence-electron chi connectivity index (χ3n) is 3.55. The van der Waals surface area contributed by atoms with Crippen molar-refractivity contribution in [3.63, 3.8) is 0 Å². The van der Waals surface area contributed by atoms with Crippen molar-refractivity contribution in [2.75, 3.05) is 20.6 Å². The highest BCUT2D eigenvalue weighted by Gasteiger charge is 2.08. The van der Waals surface area contributed by atoms with E-state index in [4.69, 9.17) is 11.6 Å². The number of guanidine groups is 1. The number of aliphatic imine (C=N–C) groups is 1. The molecular formula is C17H25ClIN5. The zero-order valence-corrected chi connectivity index (χ0v) is 17.5. The van der Waals surface area contributed by atoms with Gasteiger partial charge >= 0.3 is 0 Å². The van der Waals surface area contributed by atoms with Gasteiger partial charge in [0.15, 0.2) is 5.96 Å². The Balaban J connectivity index is 0.00000288. The Kier molecular flexibility index (Phi) is 9.13. The summed E-state index contributed by atoms with van der Waals surface area (Å²) < 4.78 is 1.97. The molecule has 0 aliphatic rings. The lowest BCUT2D eigenvalue weighted by Crippen LogP contribution is -2.39. The Bertz CT molecular complexity index is 656. The van der Waals surface area contributed by atoms with E-state index in [-0.39, 0.29) is 24.0 Å². The van der Waals surface area contributed by atoms with Crippen molar-refractivity contribution in [3.8, 4) is 0 Å². The second kappa shape index (κ2) is 10.6. The summed E-state index contributed by atoms with van der Waals surface area (Å²) in [5.74, 6) is 0.863. The van der Waals surface area contributed by atoms with Crippen LogP contribution in [0.1, 0.15) is 17.5 Å². The molecule has 2 aromatic rings. The number of hydrogen-bond donors (Lipinski definition) is 1. The quantitative estimate of drug-likeness (QED) is 0.310. The summed E-state index contributed by atoms with van der Waals surface area (Å²) in [7, 11) is 3.80. The largest absolute Gasteiger partial charge is 0.356 e. The van der Waals surface area contributed by atoms with Gasteiger partial charge in [-0.25, -0.2) is 0 Å². The molecular weight excluding hydrogens is 437 g/mol. The van der Waals surface area contributed by atoms with Crippen molar-refractivity contribution in [2.45, 2.75) is 26.4 Å². The maximum Gasteiger partial charge on any atom is 0.193 e. The molecule has 0 bridgehead atoms. The van der Waals surface area contributed by atoms with Gasteiger partial charge in [0, 0.05) is 44.9 Å². The fourth-order valence-electron chi connectivity index (χ4n) is 2.37. The van der Waals surface area contributed by atoms with Crippen LogP contribution >= 0.6 is 35.6 Å². The Morgan fingerprint density at radius 3 is 2.75 bits per heavy atom. The van der Waals surface area contributed by atoms with Crippen LogP contribution in [-0.4, -0.2) is 41.3 Å². The number of benzene rings is 1. The maximum absolute atomic E-state index is 6.22. The van der Waals surface area contributed by atoms with Gasteiger partial charge in [-0.2, -0.15) is 5.10 Å². The lowest BCUT2D eigenvalue weighted by atomic mass is 10.2. The monoisotopic (exact) mass is 461 g/mol. The van der Waals surface area contributed by atoms with E-state index in [0.717, 1.165) is 42.6 Å². The van der Waals surface area contributed by atoms with E-state index in [1.165, 1.54) is 5.56 Å². The predicted molar refractivity (Wildman–Crippen MR) is 111 cm³/mol. The fourth-order valence-corrected chi connectivity index (χ4v) is 2.57. The molecule has 1 aromatic heterocycles. The van der Waals surface area contributed by atoms with Crippen molar-refractivity contribution in [3.05, 3.63) is 52.8 Å². The highest BCUT2D eigenvalue weighted by Crippen LogP contribution is 2.16. The molecule has 0 radical (unpaired) electrons. The number of nitrogens with one attached hydrogen (secondary N) is 1. The Hall–Kier alpha value is -1.28. The summed E-state index contributed by atoms with van der Waals surface area (Å²) >= 11 is 6.22. The van der Waals surface area contributed by atoms with Gasteiger partial charge in [0.1, 0.15) is 0 Å². The molecule has 7 heteroatoms. The van der Waals surface area contributed by atoms with Crippen LogP contribution in [0.4, 0.5) is 0 Å². The first-order valence-corrected chi connectivity index (χ1v) is 8.12. The average Bonchev–Trinajstić information content (AvgIpc) is 2.95. The molecule has 2 rings (SSSR count). The lowest BCUT2D eigenvalue weighted by Gasteiger charge is -2.22. The SMILES string of the molecule is CN=C(NCCCn1cc(C)cn1)N(C)Cc1ccccc1Cl.I. The van der Waals surface area contributed by atoms with Crippen LogP contribution in [0.15, 0.2) is 41.7 Å². The average molecular weight is 462 g/mol. The summed E-state index contributed by atoms with van der Waals surface area (Å²) in [6.07, 6.45) is 4.92. The zero-order chi connectivity index (χ0) is 16.7. The molecule has 0 saturated carbocycles. The highest BCUT2D eigenvalue weighted by molar-refractivity contribution is 14.0. The van der Waals surface area contributed by atoms with E-state index in [1.54, 1.807) is 7.05 Å². The third-order valence-corrected chi connectivity index (χ3v) is 3.92. The predicted octanol–water partition coefficient (Wildman–Crippen LogP) is 3.56. The van der Waals surface area contributed by atoms with E-state index >= 15 is 0 Å². The number of aromatic nitrogens is 2. The Morgan fingerprint density at radius 1 is 1.38 bits per heavy atom. The minimum absolute atomic E-state index is 0. The zero-order valence-electron chi connectivity index (χ0n) is 14.4. The number of hydrogen-bond acceptors (Lipinski definition) is 2. The molecule has 0 fully saturated rings. The van der Waals surface area contributed by atoms with E-state index in [9.17, 15) is 0 Å². The summed E-state index contributed by atoms with van der Waals surface area (Å²) in [5, 5.41) is 8.45. The first kappa shape index (κ1) is 20.8. The van der Waals surface area contributed by atoms with Gasteiger partial charge in [-0.1, -0.05) is 29.8 Å². The standard InChI is InChI=1S/C17H24ClN5.HI/c1-14-11-21-23(12-14)10-6-9-20-17(19-2)22(3)13-15-7-4-5-8-16(15)18;/h4-5,7-8,11-12H,6,9-10,13H2,1-3H3,(H,19,20);1H. The van der Waals surface area contributed by atoms with Crippen molar-refractivity contribution in [2.24, 2.45) is 4.99 Å². The number of halogens is 2. The third kappa shape index (κ3) is 6.32. The molecule has 132 valence electrons. The second-order valence-corrected chi connectivity index (χ2v) is 5.96. The molecule has 0 saturated heterocycles. The molecule has 24 heavy (non-hydrogen) atoms. The molecule has 0 spiro atoms. The van der Waals surface area contributed by atoms with E-state index in [0.29, 0.717) is 0 Å². The van der Waals surface area contributed by atoms with Crippen molar-refractivity contribution in [1.82, 2.24) is 20.0 Å². The fraction of sp³-hybridized carbons (Fsp3) is 0.412. The van der Waals surface area contributed by atoms with Crippen LogP contribution in [-0.2, 0) is 13.1 Å². The first-order valence-electron chi connectivity index (χ1n) is 7.74. The van der Waals surface area contributed by atoms with Crippen LogP contribution in [0, 0.1) is 6.92 Å². The van der Waals surface area contributed by atoms with E-state index in [1.807, 2.05) is 49.1 Å². The topological polar surface area (TPSA) is 45.5 Å². The normalized spacial score (nSPS) is 11.1. The van der Waals surface area contributed by atoms with Crippen molar-refractivity contribution in [1.29, 1.82) is 0 Å². The van der Waals surface area contributed by atoms with Crippen LogP contribution in [0.2, 0.25) is 5.02 Å². The minimum atomic E-state index is 0. The molecule has 0 aliphatic heterocycles. The van der Waals surface area contributed by atoms with Crippen molar-refractivity contribution < 1.29 is 0 Å². The summed E-state index contributed by atoms with van der Waals surface area (Å²) in [5.41, 5.74) is 2.28. The molecule has 0 amide bonds. The van der Waals surface area contributed by atoms with Crippen LogP contribution in [0.3, 0.4) is 0 Å². The minimum Gasteiger partial charge on any atom is -0.356 e. The summed E-state index contributed by atoms with van der Waals surface area (Å²) in [4.78, 5) is 6.40. The Labute approximate surface area is 166 Å². The van der Waals surface area contributed by atoms with Gasteiger partial charge in [-0.3, -0.25) is 9.67 Å². The number of rotatable bonds is 6. The molecule has 5 nitrogen and oxygen atoms in total. The van der Waals surface area contributed by atoms with Gasteiger partial charge in [0.2, 0.25) is 0 Å². The van der Waals surface area contributed by atoms with Crippen molar-refractivity contribution >= 4 is 41.5 Å². The Morgan fingerprint density at radius 2 is 2.12 bits per heavy atom.